The van der Waals surface area contributed by atoms with Gasteiger partial charge >= 0.3 is 0 Å². The molecule has 70 valence electrons. The van der Waals surface area contributed by atoms with Crippen molar-refractivity contribution in [3.05, 3.63) is 40.4 Å². The minimum absolute atomic E-state index is 0.138. The lowest BCUT2D eigenvalue weighted by Crippen LogP contribution is -2.13. The minimum Gasteiger partial charge on any atom is -0.364 e. The number of amides is 1. The van der Waals surface area contributed by atoms with Crippen LogP contribution in [0.5, 0.6) is 0 Å². The number of fused-ring (bicyclic) bond motifs is 1. The van der Waals surface area contributed by atoms with Gasteiger partial charge in [0.1, 0.15) is 5.69 Å². The number of H-pyrrole nitrogens is 1. The zero-order chi connectivity index (χ0) is 10.1. The first kappa shape index (κ1) is 8.43. The predicted octanol–water partition coefficient (Wildman–Crippen LogP) is 0.0220. The Balaban J connectivity index is 2.75. The number of nitrogens with one attached hydrogen (secondary N) is 1. The summed E-state index contributed by atoms with van der Waals surface area (Å²) in [5, 5.41) is 0.759. The summed E-state index contributed by atoms with van der Waals surface area (Å²) >= 11 is 0. The van der Waals surface area contributed by atoms with Crippen LogP contribution in [0.1, 0.15) is 10.5 Å². The van der Waals surface area contributed by atoms with Crippen molar-refractivity contribution in [2.24, 2.45) is 5.73 Å². The van der Waals surface area contributed by atoms with E-state index in [1.165, 1.54) is 18.3 Å². The maximum Gasteiger partial charge on any atom is 0.267 e. The van der Waals surface area contributed by atoms with Crippen LogP contribution in [-0.2, 0) is 0 Å². The molecule has 3 N–H and O–H groups in total. The first-order valence-corrected chi connectivity index (χ1v) is 3.96. The molecule has 2 aromatic rings. The highest BCUT2D eigenvalue weighted by molar-refractivity contribution is 5.94. The van der Waals surface area contributed by atoms with E-state index in [0.717, 1.165) is 5.39 Å². The summed E-state index contributed by atoms with van der Waals surface area (Å²) in [4.78, 5) is 28.2. The monoisotopic (exact) mass is 189 g/mol. The smallest absolute Gasteiger partial charge is 0.267 e. The summed E-state index contributed by atoms with van der Waals surface area (Å²) in [5.41, 5.74) is 5.52. The second-order valence-electron chi connectivity index (χ2n) is 2.84. The Labute approximate surface area is 78.6 Å². The van der Waals surface area contributed by atoms with E-state index < -0.39 is 5.91 Å². The van der Waals surface area contributed by atoms with Crippen molar-refractivity contribution in [2.75, 3.05) is 0 Å². The molecule has 5 nitrogen and oxygen atoms in total. The number of nitrogens with zero attached hydrogens (tertiary/aromatic N) is 1. The van der Waals surface area contributed by atoms with Crippen LogP contribution in [0.2, 0.25) is 0 Å². The van der Waals surface area contributed by atoms with E-state index in [1.807, 2.05) is 0 Å². The third-order valence-electron chi connectivity index (χ3n) is 1.86. The van der Waals surface area contributed by atoms with Crippen LogP contribution in [0.4, 0.5) is 0 Å². The lowest BCUT2D eigenvalue weighted by atomic mass is 10.2. The topological polar surface area (TPSA) is 88.8 Å². The van der Waals surface area contributed by atoms with E-state index in [4.69, 9.17) is 5.73 Å². The van der Waals surface area contributed by atoms with Gasteiger partial charge in [-0.25, -0.2) is 0 Å². The zero-order valence-corrected chi connectivity index (χ0v) is 7.15. The number of carbonyl (C=O) groups excluding carboxylic acids is 1. The largest absolute Gasteiger partial charge is 0.364 e. The molecule has 0 fully saturated rings. The third kappa shape index (κ3) is 1.35. The quantitative estimate of drug-likeness (QED) is 0.662. The highest BCUT2D eigenvalue weighted by atomic mass is 16.1. The summed E-state index contributed by atoms with van der Waals surface area (Å²) in [6.07, 6.45) is 1.49. The Morgan fingerprint density at radius 3 is 2.93 bits per heavy atom. The lowest BCUT2D eigenvalue weighted by Gasteiger charge is -1.98. The SMILES string of the molecule is NC(=O)c1cc2[nH]c(=O)ccc2cn1. The molecule has 2 heterocycles. The van der Waals surface area contributed by atoms with Crippen molar-refractivity contribution in [3.8, 4) is 0 Å². The fraction of sp³-hybridized carbons (Fsp3) is 0. The third-order valence-corrected chi connectivity index (χ3v) is 1.86. The van der Waals surface area contributed by atoms with Crippen molar-refractivity contribution in [2.45, 2.75) is 0 Å². The van der Waals surface area contributed by atoms with Crippen LogP contribution in [0.3, 0.4) is 0 Å². The molecule has 5 heteroatoms. The Bertz CT molecular complexity index is 559. The zero-order valence-electron chi connectivity index (χ0n) is 7.15. The number of rotatable bonds is 1. The molecule has 0 saturated heterocycles. The molecule has 0 aliphatic heterocycles. The Hall–Kier alpha value is -2.17. The van der Waals surface area contributed by atoms with Gasteiger partial charge in [-0.05, 0) is 12.1 Å². The first-order chi connectivity index (χ1) is 6.66. The molecule has 2 aromatic heterocycles. The van der Waals surface area contributed by atoms with E-state index in [-0.39, 0.29) is 11.3 Å². The number of carbonyl (C=O) groups is 1. The van der Waals surface area contributed by atoms with E-state index in [1.54, 1.807) is 6.07 Å². The maximum atomic E-state index is 11.0. The second kappa shape index (κ2) is 2.95. The van der Waals surface area contributed by atoms with Crippen molar-refractivity contribution in [1.29, 1.82) is 0 Å². The predicted molar refractivity (Wildman–Crippen MR) is 50.9 cm³/mol. The van der Waals surface area contributed by atoms with Crippen LogP contribution < -0.4 is 11.3 Å². The summed E-state index contributed by atoms with van der Waals surface area (Å²) in [5.74, 6) is -0.614. The molecule has 0 aliphatic rings. The molecule has 0 aliphatic carbocycles. The average molecular weight is 189 g/mol. The van der Waals surface area contributed by atoms with Crippen LogP contribution in [-0.4, -0.2) is 15.9 Å². The van der Waals surface area contributed by atoms with Gasteiger partial charge in [0, 0.05) is 17.6 Å². The van der Waals surface area contributed by atoms with E-state index in [9.17, 15) is 9.59 Å². The normalized spacial score (nSPS) is 10.3. The molecule has 0 aromatic carbocycles. The number of pyridine rings is 2. The van der Waals surface area contributed by atoms with Crippen molar-refractivity contribution in [1.82, 2.24) is 9.97 Å². The van der Waals surface area contributed by atoms with Crippen LogP contribution in [0.15, 0.2) is 29.2 Å². The Morgan fingerprint density at radius 2 is 2.21 bits per heavy atom. The number of aromatic nitrogens is 2. The highest BCUT2D eigenvalue weighted by Gasteiger charge is 2.03. The molecular formula is C9H7N3O2. The van der Waals surface area contributed by atoms with Gasteiger partial charge < -0.3 is 10.7 Å². The summed E-state index contributed by atoms with van der Waals surface area (Å²) < 4.78 is 0. The average Bonchev–Trinajstić information content (AvgIpc) is 2.16. The van der Waals surface area contributed by atoms with Gasteiger partial charge in [0.2, 0.25) is 5.56 Å². The Kier molecular flexibility index (Phi) is 1.78. The maximum absolute atomic E-state index is 11.0. The van der Waals surface area contributed by atoms with Crippen molar-refractivity contribution in [3.63, 3.8) is 0 Å². The second-order valence-corrected chi connectivity index (χ2v) is 2.84. The first-order valence-electron chi connectivity index (χ1n) is 3.96. The van der Waals surface area contributed by atoms with Gasteiger partial charge in [0.05, 0.1) is 5.52 Å². The number of hydrogen-bond acceptors (Lipinski definition) is 3. The number of hydrogen-bond donors (Lipinski definition) is 2. The van der Waals surface area contributed by atoms with E-state index in [2.05, 4.69) is 9.97 Å². The molecule has 0 bridgehead atoms. The number of primary amides is 1. The molecule has 14 heavy (non-hydrogen) atoms. The standard InChI is InChI=1S/C9H7N3O2/c10-9(14)7-3-6-5(4-11-7)1-2-8(13)12-6/h1-4H,(H2,10,14)(H,12,13). The highest BCUT2D eigenvalue weighted by Crippen LogP contribution is 2.08. The molecule has 0 saturated carbocycles. The minimum atomic E-state index is -0.614. The molecule has 2 rings (SSSR count). The van der Waals surface area contributed by atoms with Gasteiger partial charge in [-0.1, -0.05) is 0 Å². The van der Waals surface area contributed by atoms with Crippen LogP contribution in [0.25, 0.3) is 10.9 Å². The van der Waals surface area contributed by atoms with Crippen LogP contribution >= 0.6 is 0 Å². The van der Waals surface area contributed by atoms with Crippen molar-refractivity contribution < 1.29 is 4.79 Å². The van der Waals surface area contributed by atoms with Crippen molar-refractivity contribution >= 4 is 16.8 Å². The fourth-order valence-corrected chi connectivity index (χ4v) is 1.18. The number of nitrogens with two attached hydrogens (primary N) is 1. The fourth-order valence-electron chi connectivity index (χ4n) is 1.18. The summed E-state index contributed by atoms with van der Waals surface area (Å²) in [7, 11) is 0. The molecule has 0 unspecified atom stereocenters. The van der Waals surface area contributed by atoms with Gasteiger partial charge in [-0.3, -0.25) is 14.6 Å². The molecule has 0 spiro atoms. The Morgan fingerprint density at radius 1 is 1.43 bits per heavy atom. The van der Waals surface area contributed by atoms with Gasteiger partial charge in [0.15, 0.2) is 0 Å². The van der Waals surface area contributed by atoms with Gasteiger partial charge in [-0.2, -0.15) is 0 Å². The van der Waals surface area contributed by atoms with Crippen LogP contribution in [0, 0.1) is 0 Å². The summed E-state index contributed by atoms with van der Waals surface area (Å²) in [6, 6.07) is 4.49. The van der Waals surface area contributed by atoms with Gasteiger partial charge in [0.25, 0.3) is 5.91 Å². The summed E-state index contributed by atoms with van der Waals surface area (Å²) in [6.45, 7) is 0. The molecule has 0 radical (unpaired) electrons. The lowest BCUT2D eigenvalue weighted by molar-refractivity contribution is 0.0996. The van der Waals surface area contributed by atoms with E-state index >= 15 is 0 Å². The molecule has 0 atom stereocenters. The molecular weight excluding hydrogens is 182 g/mol. The van der Waals surface area contributed by atoms with Gasteiger partial charge in [-0.15, -0.1) is 0 Å². The number of aromatic amines is 1. The van der Waals surface area contributed by atoms with E-state index in [0.29, 0.717) is 5.52 Å². The molecule has 1 amide bonds.